The summed E-state index contributed by atoms with van der Waals surface area (Å²) < 4.78 is 5.22. The topological polar surface area (TPSA) is 114 Å². The average molecular weight is 628 g/mol. The van der Waals surface area contributed by atoms with E-state index in [-0.39, 0.29) is 23.5 Å². The lowest BCUT2D eigenvalue weighted by Crippen LogP contribution is -2.30. The Bertz CT molecular complexity index is 1590. The first kappa shape index (κ1) is 32.2. The molecule has 0 saturated carbocycles. The minimum atomic E-state index is -0.464. The van der Waals surface area contributed by atoms with E-state index in [1.165, 1.54) is 23.1 Å². The second-order valence-electron chi connectivity index (χ2n) is 9.73. The number of carbonyl (C=O) groups excluding carboxylic acids is 4. The molecule has 4 aromatic rings. The molecule has 1 aromatic heterocycles. The zero-order chi connectivity index (χ0) is 31.3. The van der Waals surface area contributed by atoms with Gasteiger partial charge in [0.1, 0.15) is 5.70 Å². The normalized spacial score (nSPS) is 11.7. The second-order valence-corrected chi connectivity index (χ2v) is 11.9. The fourth-order valence-electron chi connectivity index (χ4n) is 3.87. The molecule has 0 bridgehead atoms. The highest BCUT2D eigenvalue weighted by Crippen LogP contribution is 2.26. The van der Waals surface area contributed by atoms with Gasteiger partial charge in [-0.3, -0.25) is 14.4 Å². The number of ether oxygens (including phenoxy) is 1. The number of rotatable bonds is 13. The van der Waals surface area contributed by atoms with Gasteiger partial charge in [0.15, 0.2) is 0 Å². The van der Waals surface area contributed by atoms with Crippen LogP contribution in [0.4, 0.5) is 11.4 Å². The molecule has 0 saturated heterocycles. The van der Waals surface area contributed by atoms with Gasteiger partial charge in [0, 0.05) is 21.8 Å². The Hall–Kier alpha value is -4.67. The molecule has 1 unspecified atom stereocenters. The predicted octanol–water partition coefficient (Wildman–Crippen LogP) is 7.23. The van der Waals surface area contributed by atoms with Gasteiger partial charge in [-0.25, -0.2) is 4.79 Å². The molecule has 0 aliphatic heterocycles. The van der Waals surface area contributed by atoms with Crippen molar-refractivity contribution in [1.29, 1.82) is 0 Å². The van der Waals surface area contributed by atoms with Crippen LogP contribution in [0.5, 0.6) is 0 Å². The van der Waals surface area contributed by atoms with Gasteiger partial charge in [-0.15, -0.1) is 11.8 Å². The van der Waals surface area contributed by atoms with Crippen molar-refractivity contribution in [1.82, 2.24) is 5.32 Å². The van der Waals surface area contributed by atoms with E-state index in [0.717, 1.165) is 23.3 Å². The van der Waals surface area contributed by atoms with E-state index in [1.54, 1.807) is 73.7 Å². The summed E-state index contributed by atoms with van der Waals surface area (Å²) in [6, 6.07) is 24.3. The third-order valence-corrected chi connectivity index (χ3v) is 8.11. The van der Waals surface area contributed by atoms with Gasteiger partial charge in [-0.05, 0) is 102 Å². The summed E-state index contributed by atoms with van der Waals surface area (Å²) in [5.41, 5.74) is 2.90. The van der Waals surface area contributed by atoms with Crippen LogP contribution in [0.3, 0.4) is 0 Å². The highest BCUT2D eigenvalue weighted by molar-refractivity contribution is 8.00. The zero-order valence-electron chi connectivity index (χ0n) is 24.4. The van der Waals surface area contributed by atoms with Crippen LogP contribution in [0.1, 0.15) is 53.0 Å². The molecule has 10 heteroatoms. The van der Waals surface area contributed by atoms with Gasteiger partial charge in [-0.2, -0.15) is 11.3 Å². The number of unbranched alkanes of at least 4 members (excludes halogenated alkanes) is 1. The summed E-state index contributed by atoms with van der Waals surface area (Å²) in [4.78, 5) is 51.7. The van der Waals surface area contributed by atoms with E-state index >= 15 is 0 Å². The molecule has 0 fully saturated rings. The number of anilines is 2. The second kappa shape index (κ2) is 16.3. The maximum atomic E-state index is 13.2. The predicted molar refractivity (Wildman–Crippen MR) is 177 cm³/mol. The largest absolute Gasteiger partial charge is 0.462 e. The lowest BCUT2D eigenvalue weighted by molar-refractivity contribution is -0.115. The highest BCUT2D eigenvalue weighted by Gasteiger charge is 2.17. The van der Waals surface area contributed by atoms with Crippen molar-refractivity contribution in [2.45, 2.75) is 36.8 Å². The van der Waals surface area contributed by atoms with Crippen molar-refractivity contribution in [3.05, 3.63) is 118 Å². The van der Waals surface area contributed by atoms with Crippen molar-refractivity contribution in [2.75, 3.05) is 17.2 Å². The van der Waals surface area contributed by atoms with Crippen LogP contribution < -0.4 is 16.0 Å². The number of carbonyl (C=O) groups is 4. The van der Waals surface area contributed by atoms with Crippen LogP contribution >= 0.6 is 23.1 Å². The summed E-state index contributed by atoms with van der Waals surface area (Å²) in [7, 11) is 0. The van der Waals surface area contributed by atoms with Crippen LogP contribution in [0.2, 0.25) is 0 Å². The summed E-state index contributed by atoms with van der Waals surface area (Å²) in [6.07, 6.45) is 3.39. The van der Waals surface area contributed by atoms with Crippen LogP contribution in [-0.4, -0.2) is 35.5 Å². The van der Waals surface area contributed by atoms with Crippen molar-refractivity contribution in [3.8, 4) is 0 Å². The first-order chi connectivity index (χ1) is 21.3. The molecule has 44 heavy (non-hydrogen) atoms. The summed E-state index contributed by atoms with van der Waals surface area (Å²) in [5, 5.41) is 11.8. The lowest BCUT2D eigenvalue weighted by Gasteiger charge is -2.14. The first-order valence-corrected chi connectivity index (χ1v) is 15.9. The molecule has 226 valence electrons. The van der Waals surface area contributed by atoms with E-state index in [9.17, 15) is 19.2 Å². The molecule has 8 nitrogen and oxygen atoms in total. The zero-order valence-corrected chi connectivity index (χ0v) is 26.0. The van der Waals surface area contributed by atoms with Gasteiger partial charge >= 0.3 is 5.97 Å². The SMILES string of the molecule is CCCCOC(=O)c1ccc(NC(=O)C(C)Sc2ccc(NC(=O)/C(=C/c3ccsc3)NC(=O)c3ccccc3)cc2)cc1. The third-order valence-electron chi connectivity index (χ3n) is 6.30. The quantitative estimate of drug-likeness (QED) is 0.0624. The van der Waals surface area contributed by atoms with Crippen LogP contribution in [0.25, 0.3) is 6.08 Å². The van der Waals surface area contributed by atoms with Crippen molar-refractivity contribution in [2.24, 2.45) is 0 Å². The summed E-state index contributed by atoms with van der Waals surface area (Å²) in [6.45, 7) is 4.21. The highest BCUT2D eigenvalue weighted by atomic mass is 32.2. The molecule has 1 heterocycles. The van der Waals surface area contributed by atoms with Gasteiger partial charge in [-0.1, -0.05) is 31.5 Å². The minimum absolute atomic E-state index is 0.113. The number of benzene rings is 3. The standard InChI is InChI=1S/C34H33N3O5S2/c1-3-4-19-42-34(41)26-10-12-27(13-11-26)35-31(38)23(2)44-29-16-14-28(15-17-29)36-33(40)30(21-24-18-20-43-22-24)37-32(39)25-8-6-5-7-9-25/h5-18,20-23H,3-4,19H2,1-2H3,(H,35,38)(H,36,40)(H,37,39)/b30-21-. The number of thiophene rings is 1. The Morgan fingerprint density at radius 3 is 2.20 bits per heavy atom. The molecule has 4 rings (SSSR count). The Morgan fingerprint density at radius 1 is 0.864 bits per heavy atom. The average Bonchev–Trinajstić information content (AvgIpc) is 3.55. The van der Waals surface area contributed by atoms with E-state index < -0.39 is 11.2 Å². The van der Waals surface area contributed by atoms with Gasteiger partial charge in [0.2, 0.25) is 5.91 Å². The third kappa shape index (κ3) is 9.68. The summed E-state index contributed by atoms with van der Waals surface area (Å²) >= 11 is 2.86. The first-order valence-electron chi connectivity index (χ1n) is 14.1. The Labute approximate surface area is 264 Å². The molecular formula is C34H33N3O5S2. The molecule has 3 N–H and O–H groups in total. The number of hydrogen-bond donors (Lipinski definition) is 3. The van der Waals surface area contributed by atoms with E-state index in [2.05, 4.69) is 16.0 Å². The fourth-order valence-corrected chi connectivity index (χ4v) is 5.35. The minimum Gasteiger partial charge on any atom is -0.462 e. The van der Waals surface area contributed by atoms with E-state index in [0.29, 0.717) is 29.1 Å². The maximum Gasteiger partial charge on any atom is 0.338 e. The van der Waals surface area contributed by atoms with Crippen LogP contribution in [0, 0.1) is 0 Å². The Morgan fingerprint density at radius 2 is 1.55 bits per heavy atom. The smallest absolute Gasteiger partial charge is 0.338 e. The van der Waals surface area contributed by atoms with E-state index in [4.69, 9.17) is 4.74 Å². The van der Waals surface area contributed by atoms with Gasteiger partial charge < -0.3 is 20.7 Å². The molecule has 0 aliphatic rings. The molecule has 3 amide bonds. The maximum absolute atomic E-state index is 13.2. The number of hydrogen-bond acceptors (Lipinski definition) is 7. The fraction of sp³-hybridized carbons (Fsp3) is 0.176. The van der Waals surface area contributed by atoms with Crippen molar-refractivity contribution in [3.63, 3.8) is 0 Å². The monoisotopic (exact) mass is 627 g/mol. The number of nitrogens with one attached hydrogen (secondary N) is 3. The molecule has 3 aromatic carbocycles. The van der Waals surface area contributed by atoms with Crippen molar-refractivity contribution < 1.29 is 23.9 Å². The van der Waals surface area contributed by atoms with Crippen LogP contribution in [-0.2, 0) is 14.3 Å². The molecular weight excluding hydrogens is 595 g/mol. The Kier molecular flexibility index (Phi) is 11.9. The molecule has 0 aliphatic carbocycles. The van der Waals surface area contributed by atoms with Gasteiger partial charge in [0.05, 0.1) is 17.4 Å². The van der Waals surface area contributed by atoms with Crippen LogP contribution in [0.15, 0.2) is 106 Å². The number of amides is 3. The van der Waals surface area contributed by atoms with Crippen molar-refractivity contribution >= 4 is 64.2 Å². The summed E-state index contributed by atoms with van der Waals surface area (Å²) in [5.74, 6) is -1.43. The Balaban J connectivity index is 1.32. The number of thioether (sulfide) groups is 1. The lowest BCUT2D eigenvalue weighted by atomic mass is 10.2. The molecule has 0 spiro atoms. The van der Waals surface area contributed by atoms with Gasteiger partial charge in [0.25, 0.3) is 11.8 Å². The van der Waals surface area contributed by atoms with E-state index in [1.807, 2.05) is 41.9 Å². The number of esters is 1. The molecule has 0 radical (unpaired) electrons. The molecule has 1 atom stereocenters.